The van der Waals surface area contributed by atoms with E-state index in [1.54, 1.807) is 62.6 Å². The van der Waals surface area contributed by atoms with Crippen molar-refractivity contribution in [3.63, 3.8) is 0 Å². The highest BCUT2D eigenvalue weighted by atomic mass is 32.2. The number of nitrogens with zero attached hydrogens (tertiary/aromatic N) is 1. The lowest BCUT2D eigenvalue weighted by Gasteiger charge is -2.35. The van der Waals surface area contributed by atoms with E-state index in [1.165, 1.54) is 0 Å². The molecule has 234 valence electrons. The summed E-state index contributed by atoms with van der Waals surface area (Å²) < 4.78 is 5.47. The van der Waals surface area contributed by atoms with E-state index in [9.17, 15) is 19.5 Å². The van der Waals surface area contributed by atoms with Crippen molar-refractivity contribution in [3.05, 3.63) is 29.3 Å². The number of aromatic hydroxyl groups is 1. The highest BCUT2D eigenvalue weighted by Gasteiger charge is 2.37. The quantitative estimate of drug-likeness (QED) is 0.160. The zero-order valence-corrected chi connectivity index (χ0v) is 27.5. The summed E-state index contributed by atoms with van der Waals surface area (Å²) in [5, 5.41) is 16.9. The van der Waals surface area contributed by atoms with Crippen LogP contribution in [0, 0.1) is 6.92 Å². The third-order valence-electron chi connectivity index (χ3n) is 6.87. The standard InChI is InChI=1S/C32H55N3O5S/c1-9-11-12-13-14-15-21-35(30(38)26(20-22-41-8)34-31(39)40-32(5,6)7)27(29(37)33-24(4)17-10-2)25-19-16-18-23(3)28(25)36/h16,18-19,24,26-27,36H,9-15,17,20-22H2,1-8H3,(H,33,37)(H,34,39). The van der Waals surface area contributed by atoms with E-state index in [-0.39, 0.29) is 23.6 Å². The molecule has 3 amide bonds. The zero-order valence-electron chi connectivity index (χ0n) is 26.7. The summed E-state index contributed by atoms with van der Waals surface area (Å²) in [5.74, 6) is -0.0657. The lowest BCUT2D eigenvalue weighted by molar-refractivity contribution is -0.143. The minimum absolute atomic E-state index is 0.00249. The molecule has 1 rings (SSSR count). The third kappa shape index (κ3) is 13.4. The molecule has 1 aromatic rings. The van der Waals surface area contributed by atoms with Crippen LogP contribution in [0.3, 0.4) is 0 Å². The van der Waals surface area contributed by atoms with Crippen molar-refractivity contribution < 1.29 is 24.2 Å². The van der Waals surface area contributed by atoms with Crippen molar-refractivity contribution in [2.24, 2.45) is 0 Å². The largest absolute Gasteiger partial charge is 0.507 e. The highest BCUT2D eigenvalue weighted by Crippen LogP contribution is 2.33. The first-order valence-corrected chi connectivity index (χ1v) is 16.6. The van der Waals surface area contributed by atoms with Crippen molar-refractivity contribution in [3.8, 4) is 5.75 Å². The normalized spacial score (nSPS) is 13.7. The van der Waals surface area contributed by atoms with Crippen LogP contribution >= 0.6 is 11.8 Å². The Morgan fingerprint density at radius 2 is 1.66 bits per heavy atom. The molecule has 3 atom stereocenters. The average molecular weight is 594 g/mol. The molecule has 8 nitrogen and oxygen atoms in total. The molecule has 41 heavy (non-hydrogen) atoms. The minimum atomic E-state index is -1.05. The van der Waals surface area contributed by atoms with Gasteiger partial charge in [-0.25, -0.2) is 4.79 Å². The second kappa shape index (κ2) is 18.9. The summed E-state index contributed by atoms with van der Waals surface area (Å²) in [7, 11) is 0. The molecule has 0 spiro atoms. The van der Waals surface area contributed by atoms with Crippen molar-refractivity contribution in [1.29, 1.82) is 0 Å². The van der Waals surface area contributed by atoms with E-state index in [1.807, 2.05) is 13.2 Å². The number of thioether (sulfide) groups is 1. The molecule has 9 heteroatoms. The van der Waals surface area contributed by atoms with E-state index in [2.05, 4.69) is 24.5 Å². The van der Waals surface area contributed by atoms with E-state index >= 15 is 0 Å². The topological polar surface area (TPSA) is 108 Å². The van der Waals surface area contributed by atoms with Gasteiger partial charge in [0.15, 0.2) is 0 Å². The molecule has 0 aliphatic rings. The van der Waals surface area contributed by atoms with E-state index < -0.39 is 23.8 Å². The van der Waals surface area contributed by atoms with Crippen LogP contribution in [-0.2, 0) is 14.3 Å². The first-order chi connectivity index (χ1) is 19.4. The zero-order chi connectivity index (χ0) is 31.0. The van der Waals surface area contributed by atoms with E-state index in [0.717, 1.165) is 44.9 Å². The van der Waals surface area contributed by atoms with Gasteiger partial charge in [0.2, 0.25) is 11.8 Å². The highest BCUT2D eigenvalue weighted by molar-refractivity contribution is 7.98. The SMILES string of the molecule is CCCCCCCCN(C(=O)C(CCSC)NC(=O)OC(C)(C)C)C(C(=O)NC(C)CCC)c1cccc(C)c1O. The molecular formula is C32H55N3O5S. The van der Waals surface area contributed by atoms with Gasteiger partial charge in [0, 0.05) is 18.2 Å². The second-order valence-electron chi connectivity index (χ2n) is 11.9. The molecule has 1 aromatic carbocycles. The fourth-order valence-corrected chi connectivity index (χ4v) is 5.22. The first-order valence-electron chi connectivity index (χ1n) is 15.2. The average Bonchev–Trinajstić information content (AvgIpc) is 2.88. The van der Waals surface area contributed by atoms with Gasteiger partial charge in [-0.15, -0.1) is 0 Å². The first kappa shape index (κ1) is 36.6. The molecule has 3 unspecified atom stereocenters. The molecule has 0 aliphatic carbocycles. The maximum absolute atomic E-state index is 14.3. The molecule has 0 saturated heterocycles. The van der Waals surface area contributed by atoms with E-state index in [0.29, 0.717) is 36.3 Å². The number of rotatable bonds is 18. The van der Waals surface area contributed by atoms with Crippen molar-refractivity contribution >= 4 is 29.7 Å². The lowest BCUT2D eigenvalue weighted by Crippen LogP contribution is -2.54. The Kier molecular flexibility index (Phi) is 16.9. The second-order valence-corrected chi connectivity index (χ2v) is 12.9. The van der Waals surface area contributed by atoms with Crippen molar-refractivity contribution in [2.45, 2.75) is 130 Å². The van der Waals surface area contributed by atoms with Gasteiger partial charge in [0.25, 0.3) is 0 Å². The number of para-hydroxylation sites is 1. The number of amides is 3. The molecule has 0 aromatic heterocycles. The van der Waals surface area contributed by atoms with Gasteiger partial charge in [0.1, 0.15) is 23.4 Å². The maximum atomic E-state index is 14.3. The number of carbonyl (C=O) groups excluding carboxylic acids is 3. The Labute approximate surface area is 252 Å². The Morgan fingerprint density at radius 1 is 1.00 bits per heavy atom. The van der Waals surface area contributed by atoms with E-state index in [4.69, 9.17) is 4.74 Å². The fraction of sp³-hybridized carbons (Fsp3) is 0.719. The smallest absolute Gasteiger partial charge is 0.408 e. The number of alkyl carbamates (subject to hydrolysis) is 1. The Morgan fingerprint density at radius 3 is 2.27 bits per heavy atom. The Bertz CT molecular complexity index is 950. The number of carbonyl (C=O) groups is 3. The summed E-state index contributed by atoms with van der Waals surface area (Å²) in [6.45, 7) is 13.6. The number of aryl methyl sites for hydroxylation is 1. The van der Waals surface area contributed by atoms with Crippen LogP contribution in [0.15, 0.2) is 18.2 Å². The van der Waals surface area contributed by atoms with Gasteiger partial charge >= 0.3 is 6.09 Å². The maximum Gasteiger partial charge on any atom is 0.408 e. The van der Waals surface area contributed by atoms with Gasteiger partial charge in [-0.05, 0) is 71.5 Å². The van der Waals surface area contributed by atoms with Gasteiger partial charge in [0.05, 0.1) is 0 Å². The molecule has 0 heterocycles. The number of ether oxygens (including phenoxy) is 1. The monoisotopic (exact) mass is 593 g/mol. The number of nitrogens with one attached hydrogen (secondary N) is 2. The fourth-order valence-electron chi connectivity index (χ4n) is 4.75. The van der Waals surface area contributed by atoms with Crippen LogP contribution in [-0.4, -0.2) is 64.2 Å². The molecule has 0 radical (unpaired) electrons. The molecule has 0 saturated carbocycles. The van der Waals surface area contributed by atoms with Gasteiger partial charge < -0.3 is 25.4 Å². The van der Waals surface area contributed by atoms with Crippen LogP contribution in [0.25, 0.3) is 0 Å². The summed E-state index contributed by atoms with van der Waals surface area (Å²) >= 11 is 1.58. The number of phenols is 1. The molecular weight excluding hydrogens is 538 g/mol. The van der Waals surface area contributed by atoms with Crippen molar-refractivity contribution in [2.75, 3.05) is 18.6 Å². The Hall–Kier alpha value is -2.42. The van der Waals surface area contributed by atoms with Crippen molar-refractivity contribution in [1.82, 2.24) is 15.5 Å². The number of phenolic OH excluding ortho intramolecular Hbond substituents is 1. The van der Waals surface area contributed by atoms with Crippen LogP contribution in [0.4, 0.5) is 4.79 Å². The van der Waals surface area contributed by atoms with Gasteiger partial charge in [-0.3, -0.25) is 9.59 Å². The number of hydrogen-bond acceptors (Lipinski definition) is 6. The van der Waals surface area contributed by atoms with Crippen LogP contribution in [0.5, 0.6) is 5.75 Å². The summed E-state index contributed by atoms with van der Waals surface area (Å²) in [6.07, 6.45) is 9.44. The molecule has 3 N–H and O–H groups in total. The van der Waals surface area contributed by atoms with Crippen LogP contribution in [0.2, 0.25) is 0 Å². The predicted octanol–water partition coefficient (Wildman–Crippen LogP) is 6.88. The Balaban J connectivity index is 3.53. The minimum Gasteiger partial charge on any atom is -0.507 e. The molecule has 0 bridgehead atoms. The number of benzene rings is 1. The summed E-state index contributed by atoms with van der Waals surface area (Å²) in [4.78, 5) is 42.6. The van der Waals surface area contributed by atoms with Gasteiger partial charge in [-0.1, -0.05) is 70.6 Å². The van der Waals surface area contributed by atoms with Gasteiger partial charge in [-0.2, -0.15) is 11.8 Å². The van der Waals surface area contributed by atoms with Crippen LogP contribution in [0.1, 0.15) is 116 Å². The number of unbranched alkanes of at least 4 members (excludes halogenated alkanes) is 5. The summed E-state index contributed by atoms with van der Waals surface area (Å²) in [5.41, 5.74) is 0.284. The predicted molar refractivity (Wildman–Crippen MR) is 169 cm³/mol. The number of hydrogen-bond donors (Lipinski definition) is 3. The lowest BCUT2D eigenvalue weighted by atomic mass is 9.98. The molecule has 0 aliphatic heterocycles. The molecule has 0 fully saturated rings. The summed E-state index contributed by atoms with van der Waals surface area (Å²) in [6, 6.07) is 3.25. The third-order valence-corrected chi connectivity index (χ3v) is 7.51. The van der Waals surface area contributed by atoms with Crippen LogP contribution < -0.4 is 10.6 Å².